The SMILES string of the molecule is C(=CCON(Cc1ccccc1)Cc1ccccc1)CON(Cc1ccccc1)Cc1ccccc1. The lowest BCUT2D eigenvalue weighted by Crippen LogP contribution is -2.24. The van der Waals surface area contributed by atoms with Crippen LogP contribution >= 0.6 is 0 Å². The van der Waals surface area contributed by atoms with Crippen molar-refractivity contribution < 1.29 is 9.68 Å². The summed E-state index contributed by atoms with van der Waals surface area (Å²) in [4.78, 5) is 12.3. The summed E-state index contributed by atoms with van der Waals surface area (Å²) >= 11 is 0. The van der Waals surface area contributed by atoms with Gasteiger partial charge in [-0.1, -0.05) is 133 Å². The Bertz CT molecular complexity index is 960. The zero-order valence-corrected chi connectivity index (χ0v) is 20.7. The van der Waals surface area contributed by atoms with Crippen molar-refractivity contribution >= 4 is 0 Å². The van der Waals surface area contributed by atoms with Crippen LogP contribution in [0.4, 0.5) is 0 Å². The molecule has 4 heteroatoms. The molecule has 36 heavy (non-hydrogen) atoms. The fourth-order valence-corrected chi connectivity index (χ4v) is 3.88. The van der Waals surface area contributed by atoms with Crippen molar-refractivity contribution in [3.63, 3.8) is 0 Å². The van der Waals surface area contributed by atoms with Crippen LogP contribution in [-0.2, 0) is 35.9 Å². The Balaban J connectivity index is 1.29. The van der Waals surface area contributed by atoms with Gasteiger partial charge in [0, 0.05) is 26.2 Å². The first-order valence-corrected chi connectivity index (χ1v) is 12.4. The fourth-order valence-electron chi connectivity index (χ4n) is 3.88. The molecular weight excluding hydrogens is 444 g/mol. The van der Waals surface area contributed by atoms with Crippen molar-refractivity contribution in [1.82, 2.24) is 10.1 Å². The second-order valence-corrected chi connectivity index (χ2v) is 8.60. The number of rotatable bonds is 14. The molecule has 0 aliphatic rings. The highest BCUT2D eigenvalue weighted by molar-refractivity contribution is 5.18. The Hall–Kier alpha value is -3.54. The van der Waals surface area contributed by atoms with Crippen LogP contribution < -0.4 is 0 Å². The zero-order valence-electron chi connectivity index (χ0n) is 20.7. The van der Waals surface area contributed by atoms with Crippen molar-refractivity contribution in [2.24, 2.45) is 0 Å². The van der Waals surface area contributed by atoms with E-state index in [1.165, 1.54) is 22.3 Å². The average molecular weight is 479 g/mol. The molecule has 4 nitrogen and oxygen atoms in total. The molecule has 184 valence electrons. The summed E-state index contributed by atoms with van der Waals surface area (Å²) in [5, 5.41) is 4.01. The van der Waals surface area contributed by atoms with Gasteiger partial charge in [0.05, 0.1) is 13.2 Å². The van der Waals surface area contributed by atoms with E-state index < -0.39 is 0 Å². The van der Waals surface area contributed by atoms with E-state index in [0.29, 0.717) is 13.2 Å². The lowest BCUT2D eigenvalue weighted by molar-refractivity contribution is -0.167. The van der Waals surface area contributed by atoms with E-state index in [1.807, 2.05) is 46.5 Å². The Morgan fingerprint density at radius 2 is 0.639 bits per heavy atom. The van der Waals surface area contributed by atoms with Crippen LogP contribution in [0.3, 0.4) is 0 Å². The summed E-state index contributed by atoms with van der Waals surface area (Å²) in [6.45, 7) is 3.87. The maximum absolute atomic E-state index is 6.13. The molecule has 4 rings (SSSR count). The predicted molar refractivity (Wildman–Crippen MR) is 145 cm³/mol. The third-order valence-electron chi connectivity index (χ3n) is 5.68. The predicted octanol–water partition coefficient (Wildman–Crippen LogP) is 6.81. The number of hydroxylamine groups is 4. The van der Waals surface area contributed by atoms with Gasteiger partial charge in [0.25, 0.3) is 0 Å². The monoisotopic (exact) mass is 478 g/mol. The summed E-state index contributed by atoms with van der Waals surface area (Å²) in [6, 6.07) is 41.6. The summed E-state index contributed by atoms with van der Waals surface area (Å²) < 4.78 is 0. The van der Waals surface area contributed by atoms with Gasteiger partial charge in [-0.15, -0.1) is 0 Å². The number of nitrogens with zero attached hydrogens (tertiary/aromatic N) is 2. The molecular formula is C32H34N2O2. The van der Waals surface area contributed by atoms with Crippen LogP contribution in [-0.4, -0.2) is 23.3 Å². The molecule has 0 amide bonds. The van der Waals surface area contributed by atoms with Crippen molar-refractivity contribution in [1.29, 1.82) is 0 Å². The Morgan fingerprint density at radius 1 is 0.389 bits per heavy atom. The van der Waals surface area contributed by atoms with Crippen molar-refractivity contribution in [2.75, 3.05) is 13.2 Å². The van der Waals surface area contributed by atoms with Crippen LogP contribution in [0.1, 0.15) is 22.3 Å². The first-order chi connectivity index (χ1) is 17.8. The molecule has 4 aromatic rings. The lowest BCUT2D eigenvalue weighted by Gasteiger charge is -2.22. The van der Waals surface area contributed by atoms with E-state index in [-0.39, 0.29) is 0 Å². The molecule has 0 fully saturated rings. The first-order valence-electron chi connectivity index (χ1n) is 12.4. The zero-order chi connectivity index (χ0) is 24.7. The highest BCUT2D eigenvalue weighted by Crippen LogP contribution is 2.12. The highest BCUT2D eigenvalue weighted by Gasteiger charge is 2.09. The van der Waals surface area contributed by atoms with Gasteiger partial charge in [0.15, 0.2) is 0 Å². The van der Waals surface area contributed by atoms with Crippen LogP contribution in [0.2, 0.25) is 0 Å². The van der Waals surface area contributed by atoms with E-state index in [2.05, 4.69) is 97.1 Å². The quantitative estimate of drug-likeness (QED) is 0.147. The fraction of sp³-hybridized carbons (Fsp3) is 0.188. The number of hydrogen-bond acceptors (Lipinski definition) is 4. The first kappa shape index (κ1) is 25.5. The molecule has 0 bridgehead atoms. The minimum atomic E-state index is 0.487. The second-order valence-electron chi connectivity index (χ2n) is 8.60. The summed E-state index contributed by atoms with van der Waals surface area (Å²) in [6.07, 6.45) is 4.04. The van der Waals surface area contributed by atoms with E-state index >= 15 is 0 Å². The van der Waals surface area contributed by atoms with Gasteiger partial charge in [0.2, 0.25) is 0 Å². The molecule has 0 spiro atoms. The lowest BCUT2D eigenvalue weighted by atomic mass is 10.2. The molecule has 0 saturated heterocycles. The average Bonchev–Trinajstić information content (AvgIpc) is 2.93. The smallest absolute Gasteiger partial charge is 0.0867 e. The third kappa shape index (κ3) is 9.25. The van der Waals surface area contributed by atoms with Gasteiger partial charge in [-0.05, 0) is 22.3 Å². The molecule has 0 unspecified atom stereocenters. The van der Waals surface area contributed by atoms with E-state index in [9.17, 15) is 0 Å². The van der Waals surface area contributed by atoms with E-state index in [0.717, 1.165) is 26.2 Å². The van der Waals surface area contributed by atoms with Crippen molar-refractivity contribution in [3.8, 4) is 0 Å². The molecule has 0 atom stereocenters. The molecule has 0 saturated carbocycles. The highest BCUT2D eigenvalue weighted by atomic mass is 16.7. The maximum atomic E-state index is 6.13. The topological polar surface area (TPSA) is 24.9 Å². The van der Waals surface area contributed by atoms with Gasteiger partial charge >= 0.3 is 0 Å². The Kier molecular flexibility index (Phi) is 10.5. The maximum Gasteiger partial charge on any atom is 0.0867 e. The van der Waals surface area contributed by atoms with Gasteiger partial charge < -0.3 is 0 Å². The molecule has 0 heterocycles. The normalized spacial score (nSPS) is 11.5. The van der Waals surface area contributed by atoms with Crippen LogP contribution in [0.25, 0.3) is 0 Å². The molecule has 0 aliphatic carbocycles. The largest absolute Gasteiger partial charge is 0.294 e. The van der Waals surface area contributed by atoms with E-state index in [4.69, 9.17) is 9.68 Å². The molecule has 0 radical (unpaired) electrons. The van der Waals surface area contributed by atoms with Crippen LogP contribution in [0, 0.1) is 0 Å². The number of benzene rings is 4. The van der Waals surface area contributed by atoms with Gasteiger partial charge in [-0.2, -0.15) is 10.1 Å². The van der Waals surface area contributed by atoms with Gasteiger partial charge in [-0.25, -0.2) is 0 Å². The molecule has 0 aliphatic heterocycles. The third-order valence-corrected chi connectivity index (χ3v) is 5.68. The van der Waals surface area contributed by atoms with Gasteiger partial charge in [-0.3, -0.25) is 9.68 Å². The van der Waals surface area contributed by atoms with Gasteiger partial charge in [0.1, 0.15) is 0 Å². The summed E-state index contributed by atoms with van der Waals surface area (Å²) in [5.74, 6) is 0. The standard InChI is InChI=1S/C32H34N2O2/c1-5-15-29(16-6-1)25-33(26-30-17-7-2-8-18-30)35-23-13-14-24-36-34(27-31-19-9-3-10-20-31)28-32-21-11-4-12-22-32/h1-22H,23-28H2. The van der Waals surface area contributed by atoms with Crippen LogP contribution in [0.15, 0.2) is 133 Å². The Labute approximate surface area is 214 Å². The molecule has 0 N–H and O–H groups in total. The summed E-state index contributed by atoms with van der Waals surface area (Å²) in [5.41, 5.74) is 4.88. The molecule has 4 aromatic carbocycles. The number of hydrogen-bond donors (Lipinski definition) is 0. The van der Waals surface area contributed by atoms with Crippen molar-refractivity contribution in [2.45, 2.75) is 26.2 Å². The summed E-state index contributed by atoms with van der Waals surface area (Å²) in [7, 11) is 0. The van der Waals surface area contributed by atoms with E-state index in [1.54, 1.807) is 0 Å². The van der Waals surface area contributed by atoms with Crippen molar-refractivity contribution in [3.05, 3.63) is 156 Å². The van der Waals surface area contributed by atoms with Crippen LogP contribution in [0.5, 0.6) is 0 Å². The molecule has 0 aromatic heterocycles. The second kappa shape index (κ2) is 14.8. The minimum absolute atomic E-state index is 0.487. The Morgan fingerprint density at radius 3 is 0.889 bits per heavy atom. The minimum Gasteiger partial charge on any atom is -0.294 e.